The van der Waals surface area contributed by atoms with Crippen molar-refractivity contribution >= 4 is 11.0 Å². The lowest BCUT2D eigenvalue weighted by Gasteiger charge is -2.39. The van der Waals surface area contributed by atoms with E-state index in [-0.39, 0.29) is 17.9 Å². The van der Waals surface area contributed by atoms with Crippen molar-refractivity contribution in [3.63, 3.8) is 0 Å². The van der Waals surface area contributed by atoms with Gasteiger partial charge in [0.1, 0.15) is 17.2 Å². The van der Waals surface area contributed by atoms with Crippen LogP contribution in [0.5, 0.6) is 5.75 Å². The third kappa shape index (κ3) is 4.07. The maximum atomic E-state index is 14.2. The molecule has 0 amide bonds. The predicted octanol–water partition coefficient (Wildman–Crippen LogP) is 4.85. The topological polar surface area (TPSA) is 47.3 Å². The van der Waals surface area contributed by atoms with Crippen molar-refractivity contribution in [1.82, 2.24) is 9.55 Å². The maximum Gasteiger partial charge on any atom is 0.398 e. The van der Waals surface area contributed by atoms with Gasteiger partial charge in [0.05, 0.1) is 24.7 Å². The first-order valence-electron chi connectivity index (χ1n) is 9.00. The van der Waals surface area contributed by atoms with Crippen molar-refractivity contribution in [2.45, 2.75) is 44.0 Å². The van der Waals surface area contributed by atoms with Gasteiger partial charge in [0.25, 0.3) is 0 Å². The van der Waals surface area contributed by atoms with E-state index in [4.69, 9.17) is 4.74 Å². The third-order valence-corrected chi connectivity index (χ3v) is 5.15. The van der Waals surface area contributed by atoms with E-state index < -0.39 is 29.4 Å². The Labute approximate surface area is 165 Å². The Kier molecular flexibility index (Phi) is 5.34. The summed E-state index contributed by atoms with van der Waals surface area (Å²) in [5.74, 6) is -0.897. The molecule has 0 bridgehead atoms. The van der Waals surface area contributed by atoms with Gasteiger partial charge in [0.2, 0.25) is 0 Å². The van der Waals surface area contributed by atoms with Gasteiger partial charge in [-0.1, -0.05) is 0 Å². The Morgan fingerprint density at radius 1 is 1.14 bits per heavy atom. The molecule has 3 aromatic rings. The zero-order valence-electron chi connectivity index (χ0n) is 16.3. The standard InChI is InChI=1S/C21H22F4N2O2/c1-19(28,13-27-10-8-14-5-4-9-26-18(14)27)12-20(2,21(23,24)25)16-11-15(22)6-7-17(16)29-3/h4-11,28H,12-13H2,1-3H3. The van der Waals surface area contributed by atoms with Crippen LogP contribution in [0.25, 0.3) is 11.0 Å². The zero-order chi connectivity index (χ0) is 21.4. The molecule has 2 heterocycles. The molecule has 0 saturated heterocycles. The second-order valence-corrected chi connectivity index (χ2v) is 7.71. The number of pyridine rings is 1. The number of benzene rings is 1. The molecular formula is C21H22F4N2O2. The summed E-state index contributed by atoms with van der Waals surface area (Å²) in [6.45, 7) is 2.17. The van der Waals surface area contributed by atoms with Gasteiger partial charge in [-0.3, -0.25) is 0 Å². The number of rotatable bonds is 6. The van der Waals surface area contributed by atoms with E-state index in [9.17, 15) is 22.7 Å². The molecule has 156 valence electrons. The fraction of sp³-hybridized carbons (Fsp3) is 0.381. The van der Waals surface area contributed by atoms with Crippen molar-refractivity contribution in [3.8, 4) is 5.75 Å². The summed E-state index contributed by atoms with van der Waals surface area (Å²) in [5, 5.41) is 11.8. The summed E-state index contributed by atoms with van der Waals surface area (Å²) >= 11 is 0. The molecule has 1 N–H and O–H groups in total. The van der Waals surface area contributed by atoms with Crippen LogP contribution in [-0.2, 0) is 12.0 Å². The monoisotopic (exact) mass is 410 g/mol. The van der Waals surface area contributed by atoms with E-state index >= 15 is 0 Å². The SMILES string of the molecule is COc1ccc(F)cc1C(C)(CC(C)(O)Cn1ccc2cccnc21)C(F)(F)F. The minimum atomic E-state index is -4.75. The van der Waals surface area contributed by atoms with Crippen LogP contribution in [0.1, 0.15) is 25.8 Å². The molecule has 0 radical (unpaired) electrons. The van der Waals surface area contributed by atoms with Crippen LogP contribution in [0.3, 0.4) is 0 Å². The summed E-state index contributed by atoms with van der Waals surface area (Å²) < 4.78 is 63.1. The van der Waals surface area contributed by atoms with E-state index in [1.807, 2.05) is 6.07 Å². The van der Waals surface area contributed by atoms with Gasteiger partial charge in [-0.05, 0) is 56.7 Å². The highest BCUT2D eigenvalue weighted by Gasteiger charge is 2.56. The fourth-order valence-electron chi connectivity index (χ4n) is 3.79. The van der Waals surface area contributed by atoms with E-state index in [0.29, 0.717) is 5.65 Å². The van der Waals surface area contributed by atoms with Gasteiger partial charge < -0.3 is 14.4 Å². The molecule has 0 saturated carbocycles. The Bertz CT molecular complexity index is 1010. The summed E-state index contributed by atoms with van der Waals surface area (Å²) in [5.41, 5.74) is -4.11. The van der Waals surface area contributed by atoms with Gasteiger partial charge in [-0.15, -0.1) is 0 Å². The van der Waals surface area contributed by atoms with Crippen LogP contribution in [0, 0.1) is 5.82 Å². The van der Waals surface area contributed by atoms with Crippen molar-refractivity contribution in [2.75, 3.05) is 7.11 Å². The molecule has 0 aliphatic rings. The van der Waals surface area contributed by atoms with Crippen LogP contribution in [0.2, 0.25) is 0 Å². The van der Waals surface area contributed by atoms with E-state index in [2.05, 4.69) is 4.98 Å². The summed E-state index contributed by atoms with van der Waals surface area (Å²) in [6, 6.07) is 8.36. The van der Waals surface area contributed by atoms with Gasteiger partial charge in [-0.2, -0.15) is 13.2 Å². The van der Waals surface area contributed by atoms with Gasteiger partial charge in [0, 0.05) is 23.3 Å². The number of hydrogen-bond acceptors (Lipinski definition) is 3. The molecule has 8 heteroatoms. The molecule has 4 nitrogen and oxygen atoms in total. The van der Waals surface area contributed by atoms with Crippen molar-refractivity contribution in [3.05, 3.63) is 60.2 Å². The first kappa shape index (κ1) is 21.1. The maximum absolute atomic E-state index is 14.2. The molecule has 3 rings (SSSR count). The molecule has 2 aromatic heterocycles. The van der Waals surface area contributed by atoms with E-state index in [1.54, 1.807) is 29.1 Å². The minimum absolute atomic E-state index is 0.0879. The number of fused-ring (bicyclic) bond motifs is 1. The molecule has 0 aliphatic carbocycles. The summed E-state index contributed by atoms with van der Waals surface area (Å²) in [7, 11) is 1.23. The van der Waals surface area contributed by atoms with Gasteiger partial charge in [0.15, 0.2) is 0 Å². The molecule has 1 aromatic carbocycles. The van der Waals surface area contributed by atoms with E-state index in [0.717, 1.165) is 30.5 Å². The van der Waals surface area contributed by atoms with Crippen LogP contribution < -0.4 is 4.74 Å². The minimum Gasteiger partial charge on any atom is -0.496 e. The number of halogens is 4. The Balaban J connectivity index is 2.01. The highest BCUT2D eigenvalue weighted by molar-refractivity contribution is 5.75. The number of alkyl halides is 3. The largest absolute Gasteiger partial charge is 0.496 e. The average molecular weight is 410 g/mol. The third-order valence-electron chi connectivity index (χ3n) is 5.15. The molecular weight excluding hydrogens is 388 g/mol. The molecule has 29 heavy (non-hydrogen) atoms. The molecule has 2 atom stereocenters. The molecule has 0 fully saturated rings. The van der Waals surface area contributed by atoms with Crippen LogP contribution in [0.15, 0.2) is 48.8 Å². The summed E-state index contributed by atoms with van der Waals surface area (Å²) in [6.07, 6.45) is -2.21. The first-order valence-corrected chi connectivity index (χ1v) is 9.00. The van der Waals surface area contributed by atoms with Crippen LogP contribution in [-0.4, -0.2) is 33.5 Å². The Hall–Kier alpha value is -2.61. The quantitative estimate of drug-likeness (QED) is 0.592. The number of aliphatic hydroxyl groups is 1. The van der Waals surface area contributed by atoms with Crippen molar-refractivity contribution in [2.24, 2.45) is 0 Å². The lowest BCUT2D eigenvalue weighted by Crippen LogP contribution is -2.47. The summed E-state index contributed by atoms with van der Waals surface area (Å²) in [4.78, 5) is 4.23. The predicted molar refractivity (Wildman–Crippen MR) is 101 cm³/mol. The number of methoxy groups -OCH3 is 1. The number of nitrogens with zero attached hydrogens (tertiary/aromatic N) is 2. The molecule has 0 spiro atoms. The van der Waals surface area contributed by atoms with Crippen molar-refractivity contribution in [1.29, 1.82) is 0 Å². The second kappa shape index (κ2) is 7.33. The lowest BCUT2D eigenvalue weighted by atomic mass is 9.73. The Morgan fingerprint density at radius 3 is 2.52 bits per heavy atom. The molecule has 0 aliphatic heterocycles. The highest BCUT2D eigenvalue weighted by Crippen LogP contribution is 2.49. The van der Waals surface area contributed by atoms with Gasteiger partial charge >= 0.3 is 6.18 Å². The smallest absolute Gasteiger partial charge is 0.398 e. The normalized spacial score (nSPS) is 16.4. The number of hydrogen-bond donors (Lipinski definition) is 1. The number of ether oxygens (including phenoxy) is 1. The van der Waals surface area contributed by atoms with E-state index in [1.165, 1.54) is 14.0 Å². The number of aromatic nitrogens is 2. The lowest BCUT2D eigenvalue weighted by molar-refractivity contribution is -0.201. The van der Waals surface area contributed by atoms with Gasteiger partial charge in [-0.25, -0.2) is 9.37 Å². The molecule has 2 unspecified atom stereocenters. The second-order valence-electron chi connectivity index (χ2n) is 7.71. The average Bonchev–Trinajstić information content (AvgIpc) is 3.02. The highest BCUT2D eigenvalue weighted by atomic mass is 19.4. The Morgan fingerprint density at radius 2 is 1.86 bits per heavy atom. The first-order chi connectivity index (χ1) is 13.5. The van der Waals surface area contributed by atoms with Crippen molar-refractivity contribution < 1.29 is 27.4 Å². The zero-order valence-corrected chi connectivity index (χ0v) is 16.3. The van der Waals surface area contributed by atoms with Crippen LogP contribution in [0.4, 0.5) is 17.6 Å². The fourth-order valence-corrected chi connectivity index (χ4v) is 3.79. The van der Waals surface area contributed by atoms with Crippen LogP contribution >= 0.6 is 0 Å².